The van der Waals surface area contributed by atoms with Crippen LogP contribution in [0.5, 0.6) is 0 Å². The lowest BCUT2D eigenvalue weighted by Gasteiger charge is -2.18. The fraction of sp³-hybridized carbons (Fsp3) is 0.950. The lowest BCUT2D eigenvalue weighted by molar-refractivity contribution is -0.167. The van der Waals surface area contributed by atoms with Crippen LogP contribution < -0.4 is 0 Å². The zero-order valence-corrected chi connectivity index (χ0v) is 45.3. The molecular weight excluding hydrogens is 817 g/mol. The second-order valence-corrected chi connectivity index (χ2v) is 21.4. The molecule has 6 heteroatoms. The van der Waals surface area contributed by atoms with Crippen LogP contribution in [0.3, 0.4) is 0 Å². The third kappa shape index (κ3) is 51.8. The van der Waals surface area contributed by atoms with Gasteiger partial charge in [-0.2, -0.15) is 0 Å². The Morgan fingerprint density at radius 1 is 0.318 bits per heavy atom. The maximum Gasteiger partial charge on any atom is 0.306 e. The Morgan fingerprint density at radius 3 is 0.864 bits per heavy atom. The summed E-state index contributed by atoms with van der Waals surface area (Å²) in [7, 11) is 0. The van der Waals surface area contributed by atoms with Gasteiger partial charge in [0.05, 0.1) is 0 Å². The minimum Gasteiger partial charge on any atom is -0.462 e. The molecule has 392 valence electrons. The Balaban J connectivity index is 4.23. The van der Waals surface area contributed by atoms with Gasteiger partial charge < -0.3 is 14.2 Å². The van der Waals surface area contributed by atoms with Crippen molar-refractivity contribution in [3.05, 3.63) is 0 Å². The van der Waals surface area contributed by atoms with Gasteiger partial charge in [-0.1, -0.05) is 298 Å². The van der Waals surface area contributed by atoms with Crippen LogP contribution in [0, 0.1) is 11.8 Å². The van der Waals surface area contributed by atoms with Crippen LogP contribution in [0.15, 0.2) is 0 Å². The van der Waals surface area contributed by atoms with Crippen molar-refractivity contribution in [2.24, 2.45) is 11.8 Å². The van der Waals surface area contributed by atoms with E-state index in [1.54, 1.807) is 0 Å². The summed E-state index contributed by atoms with van der Waals surface area (Å²) in [5.74, 6) is 0.864. The molecule has 0 bridgehead atoms. The number of carbonyl (C=O) groups excluding carboxylic acids is 3. The van der Waals surface area contributed by atoms with E-state index in [1.807, 2.05) is 0 Å². The first-order chi connectivity index (χ1) is 32.3. The summed E-state index contributed by atoms with van der Waals surface area (Å²) >= 11 is 0. The minimum absolute atomic E-state index is 0.0630. The minimum atomic E-state index is -0.763. The molecule has 0 saturated heterocycles. The van der Waals surface area contributed by atoms with Crippen molar-refractivity contribution in [3.8, 4) is 0 Å². The molecule has 0 N–H and O–H groups in total. The Hall–Kier alpha value is -1.59. The van der Waals surface area contributed by atoms with Gasteiger partial charge in [-0.15, -0.1) is 0 Å². The molecule has 0 amide bonds. The summed E-state index contributed by atoms with van der Waals surface area (Å²) in [6.07, 6.45) is 56.7. The van der Waals surface area contributed by atoms with Gasteiger partial charge in [-0.3, -0.25) is 14.4 Å². The van der Waals surface area contributed by atoms with Gasteiger partial charge >= 0.3 is 17.9 Å². The van der Waals surface area contributed by atoms with Crippen LogP contribution in [0.1, 0.15) is 336 Å². The van der Waals surface area contributed by atoms with Gasteiger partial charge in [-0.05, 0) is 31.1 Å². The molecular formula is C60H116O6. The predicted octanol–water partition coefficient (Wildman–Crippen LogP) is 19.7. The fourth-order valence-electron chi connectivity index (χ4n) is 9.20. The Labute approximate surface area is 412 Å². The van der Waals surface area contributed by atoms with E-state index >= 15 is 0 Å². The molecule has 0 aromatic heterocycles. The second kappa shape index (κ2) is 52.8. The Morgan fingerprint density at radius 2 is 0.576 bits per heavy atom. The average molecular weight is 934 g/mol. The summed E-state index contributed by atoms with van der Waals surface area (Å²) in [4.78, 5) is 38.1. The zero-order valence-electron chi connectivity index (χ0n) is 45.3. The molecule has 0 aliphatic heterocycles. The van der Waals surface area contributed by atoms with Crippen LogP contribution in [0.2, 0.25) is 0 Å². The van der Waals surface area contributed by atoms with E-state index < -0.39 is 6.10 Å². The molecule has 1 unspecified atom stereocenters. The average Bonchev–Trinajstić information content (AvgIpc) is 3.30. The van der Waals surface area contributed by atoms with Crippen LogP contribution >= 0.6 is 0 Å². The molecule has 0 rings (SSSR count). The molecule has 0 fully saturated rings. The van der Waals surface area contributed by atoms with Gasteiger partial charge in [-0.25, -0.2) is 0 Å². The van der Waals surface area contributed by atoms with Crippen molar-refractivity contribution in [3.63, 3.8) is 0 Å². The monoisotopic (exact) mass is 933 g/mol. The molecule has 0 saturated carbocycles. The summed E-state index contributed by atoms with van der Waals surface area (Å²) in [5, 5.41) is 0. The lowest BCUT2D eigenvalue weighted by Crippen LogP contribution is -2.30. The number of carbonyl (C=O) groups is 3. The molecule has 0 aromatic carbocycles. The largest absolute Gasteiger partial charge is 0.462 e. The molecule has 6 nitrogen and oxygen atoms in total. The standard InChI is InChI=1S/C60H116O6/c1-6-8-9-10-11-12-13-14-19-23-26-29-35-40-45-50-58(61)64-53-57(66-60(63)52-47-42-37-32-31-34-39-44-49-56(5)7-2)54-65-59(62)51-46-41-36-30-27-24-21-18-16-15-17-20-22-25-28-33-38-43-48-55(3)4/h55-57H,6-54H2,1-5H3/t56?,57-/m0/s1. The van der Waals surface area contributed by atoms with Gasteiger partial charge in [0.15, 0.2) is 6.10 Å². The lowest BCUT2D eigenvalue weighted by atomic mass is 9.99. The van der Waals surface area contributed by atoms with Gasteiger partial charge in [0.1, 0.15) is 13.2 Å². The zero-order chi connectivity index (χ0) is 48.2. The molecule has 0 radical (unpaired) electrons. The van der Waals surface area contributed by atoms with Crippen molar-refractivity contribution in [2.45, 2.75) is 343 Å². The third-order valence-corrected chi connectivity index (χ3v) is 14.1. The number of hydrogen-bond donors (Lipinski definition) is 0. The van der Waals surface area contributed by atoms with Crippen LogP contribution in [0.25, 0.3) is 0 Å². The Bertz CT molecular complexity index is 1010. The molecule has 2 atom stereocenters. The SMILES string of the molecule is CCCCCCCCCCCCCCCCCC(=O)OC[C@@H](COC(=O)CCCCCCCCCCCCCCCCCCCCC(C)C)OC(=O)CCCCCCCCCCC(C)CC. The summed E-state index contributed by atoms with van der Waals surface area (Å²) in [6, 6.07) is 0. The topological polar surface area (TPSA) is 78.9 Å². The van der Waals surface area contributed by atoms with Gasteiger partial charge in [0, 0.05) is 19.3 Å². The number of unbranched alkanes of at least 4 members (excludes halogenated alkanes) is 38. The van der Waals surface area contributed by atoms with E-state index in [2.05, 4.69) is 34.6 Å². The first-order valence-corrected chi connectivity index (χ1v) is 29.8. The number of rotatable bonds is 54. The van der Waals surface area contributed by atoms with E-state index in [-0.39, 0.29) is 31.1 Å². The van der Waals surface area contributed by atoms with E-state index in [0.717, 1.165) is 69.6 Å². The van der Waals surface area contributed by atoms with E-state index in [4.69, 9.17) is 14.2 Å². The molecule has 0 spiro atoms. The first kappa shape index (κ1) is 64.4. The highest BCUT2D eigenvalue weighted by atomic mass is 16.6. The molecule has 0 aliphatic rings. The van der Waals surface area contributed by atoms with Gasteiger partial charge in [0.25, 0.3) is 0 Å². The highest BCUT2D eigenvalue weighted by Crippen LogP contribution is 2.19. The number of hydrogen-bond acceptors (Lipinski definition) is 6. The van der Waals surface area contributed by atoms with Crippen molar-refractivity contribution >= 4 is 17.9 Å². The molecule has 66 heavy (non-hydrogen) atoms. The third-order valence-electron chi connectivity index (χ3n) is 14.1. The maximum absolute atomic E-state index is 12.8. The highest BCUT2D eigenvalue weighted by molar-refractivity contribution is 5.71. The van der Waals surface area contributed by atoms with E-state index in [9.17, 15) is 14.4 Å². The molecule has 0 aromatic rings. The first-order valence-electron chi connectivity index (χ1n) is 29.8. The second-order valence-electron chi connectivity index (χ2n) is 21.4. The van der Waals surface area contributed by atoms with Crippen molar-refractivity contribution in [2.75, 3.05) is 13.2 Å². The fourth-order valence-corrected chi connectivity index (χ4v) is 9.20. The van der Waals surface area contributed by atoms with Crippen molar-refractivity contribution in [1.82, 2.24) is 0 Å². The predicted molar refractivity (Wildman–Crippen MR) is 284 cm³/mol. The van der Waals surface area contributed by atoms with E-state index in [0.29, 0.717) is 19.3 Å². The van der Waals surface area contributed by atoms with Crippen molar-refractivity contribution in [1.29, 1.82) is 0 Å². The maximum atomic E-state index is 12.8. The molecule has 0 heterocycles. The summed E-state index contributed by atoms with van der Waals surface area (Å²) in [6.45, 7) is 11.4. The van der Waals surface area contributed by atoms with Crippen LogP contribution in [-0.2, 0) is 28.6 Å². The smallest absolute Gasteiger partial charge is 0.306 e. The normalized spacial score (nSPS) is 12.5. The van der Waals surface area contributed by atoms with Gasteiger partial charge in [0.2, 0.25) is 0 Å². The summed E-state index contributed by atoms with van der Waals surface area (Å²) in [5.41, 5.74) is 0. The van der Waals surface area contributed by atoms with Crippen LogP contribution in [-0.4, -0.2) is 37.2 Å². The quantitative estimate of drug-likeness (QED) is 0.0343. The number of ether oxygens (including phenoxy) is 3. The van der Waals surface area contributed by atoms with Crippen molar-refractivity contribution < 1.29 is 28.6 Å². The van der Waals surface area contributed by atoms with E-state index in [1.165, 1.54) is 225 Å². The highest BCUT2D eigenvalue weighted by Gasteiger charge is 2.19. The number of esters is 3. The summed E-state index contributed by atoms with van der Waals surface area (Å²) < 4.78 is 16.9. The van der Waals surface area contributed by atoms with Crippen LogP contribution in [0.4, 0.5) is 0 Å². The Kier molecular flexibility index (Phi) is 51.5. The molecule has 0 aliphatic carbocycles.